The van der Waals surface area contributed by atoms with Gasteiger partial charge in [0.2, 0.25) is 5.91 Å². The first kappa shape index (κ1) is 11.7. The molecule has 0 saturated carbocycles. The van der Waals surface area contributed by atoms with E-state index in [9.17, 15) is 9.59 Å². The monoisotopic (exact) mass is 244 g/mol. The molecule has 2 aliphatic heterocycles. The van der Waals surface area contributed by atoms with Crippen molar-refractivity contribution in [2.45, 2.75) is 12.5 Å². The van der Waals surface area contributed by atoms with Crippen LogP contribution in [0.4, 0.5) is 0 Å². The van der Waals surface area contributed by atoms with E-state index in [0.717, 1.165) is 18.1 Å². The molecule has 2 rings (SSSR count). The lowest BCUT2D eigenvalue weighted by atomic mass is 9.95. The molecular weight excluding hydrogens is 228 g/mol. The molecule has 1 amide bonds. The summed E-state index contributed by atoms with van der Waals surface area (Å²) in [6, 6.07) is -0.0653. The summed E-state index contributed by atoms with van der Waals surface area (Å²) in [6.07, 6.45) is 0.177. The fraction of sp³-hybridized carbons (Fsp3) is 0.800. The lowest BCUT2D eigenvalue weighted by molar-refractivity contribution is -0.145. The van der Waals surface area contributed by atoms with Gasteiger partial charge in [-0.3, -0.25) is 9.59 Å². The number of amides is 1. The van der Waals surface area contributed by atoms with E-state index >= 15 is 0 Å². The fourth-order valence-corrected chi connectivity index (χ4v) is 3.00. The van der Waals surface area contributed by atoms with Crippen molar-refractivity contribution in [1.29, 1.82) is 0 Å². The van der Waals surface area contributed by atoms with Crippen molar-refractivity contribution in [2.24, 2.45) is 5.92 Å². The van der Waals surface area contributed by atoms with Gasteiger partial charge in [-0.15, -0.1) is 0 Å². The molecule has 2 fully saturated rings. The second-order valence-electron chi connectivity index (χ2n) is 4.29. The average Bonchev–Trinajstić information content (AvgIpc) is 2.23. The summed E-state index contributed by atoms with van der Waals surface area (Å²) in [6.45, 7) is 2.09. The SMILES string of the molecule is O=C(O)CC1CN(C(=O)C2CSCCN2)C1. The minimum atomic E-state index is -0.775. The molecule has 1 unspecified atom stereocenters. The van der Waals surface area contributed by atoms with Crippen LogP contribution in [0.3, 0.4) is 0 Å². The molecule has 90 valence electrons. The van der Waals surface area contributed by atoms with Gasteiger partial charge in [-0.2, -0.15) is 11.8 Å². The summed E-state index contributed by atoms with van der Waals surface area (Å²) in [5, 5.41) is 11.8. The second-order valence-corrected chi connectivity index (χ2v) is 5.44. The Kier molecular flexibility index (Phi) is 3.70. The molecule has 16 heavy (non-hydrogen) atoms. The predicted octanol–water partition coefficient (Wildman–Crippen LogP) is -0.375. The Bertz CT molecular complexity index is 286. The van der Waals surface area contributed by atoms with Crippen LogP contribution in [0.5, 0.6) is 0 Å². The minimum Gasteiger partial charge on any atom is -0.481 e. The fourth-order valence-electron chi connectivity index (χ4n) is 2.07. The number of thioether (sulfide) groups is 1. The smallest absolute Gasteiger partial charge is 0.303 e. The van der Waals surface area contributed by atoms with Gasteiger partial charge in [0, 0.05) is 37.1 Å². The Balaban J connectivity index is 1.74. The molecule has 0 bridgehead atoms. The first-order chi connectivity index (χ1) is 7.66. The molecule has 0 spiro atoms. The van der Waals surface area contributed by atoms with E-state index in [0.29, 0.717) is 13.1 Å². The van der Waals surface area contributed by atoms with Gasteiger partial charge in [-0.1, -0.05) is 0 Å². The number of nitrogens with one attached hydrogen (secondary N) is 1. The Morgan fingerprint density at radius 2 is 2.19 bits per heavy atom. The standard InChI is InChI=1S/C10H16N2O3S/c13-9(14)3-7-4-12(5-7)10(15)8-6-16-2-1-11-8/h7-8,11H,1-6H2,(H,13,14). The van der Waals surface area contributed by atoms with Crippen LogP contribution in [-0.2, 0) is 9.59 Å². The molecule has 1 atom stereocenters. The van der Waals surface area contributed by atoms with Crippen molar-refractivity contribution < 1.29 is 14.7 Å². The summed E-state index contributed by atoms with van der Waals surface area (Å²) in [7, 11) is 0. The van der Waals surface area contributed by atoms with Crippen LogP contribution in [0.1, 0.15) is 6.42 Å². The minimum absolute atomic E-state index is 0.0653. The maximum atomic E-state index is 11.9. The molecule has 2 heterocycles. The molecule has 6 heteroatoms. The molecule has 0 aromatic carbocycles. The first-order valence-corrected chi connectivity index (χ1v) is 6.64. The first-order valence-electron chi connectivity index (χ1n) is 5.48. The number of likely N-dealkylation sites (tertiary alicyclic amines) is 1. The molecule has 0 aromatic rings. The number of hydrogen-bond acceptors (Lipinski definition) is 4. The van der Waals surface area contributed by atoms with Gasteiger partial charge >= 0.3 is 5.97 Å². The Morgan fingerprint density at radius 1 is 1.44 bits per heavy atom. The van der Waals surface area contributed by atoms with Gasteiger partial charge in [-0.25, -0.2) is 0 Å². The summed E-state index contributed by atoms with van der Waals surface area (Å²) >= 11 is 1.79. The van der Waals surface area contributed by atoms with Gasteiger partial charge < -0.3 is 15.3 Å². The molecule has 2 N–H and O–H groups in total. The van der Waals surface area contributed by atoms with Crippen LogP contribution in [0.25, 0.3) is 0 Å². The number of hydrogen-bond donors (Lipinski definition) is 2. The Morgan fingerprint density at radius 3 is 2.75 bits per heavy atom. The van der Waals surface area contributed by atoms with Gasteiger partial charge in [0.1, 0.15) is 0 Å². The van der Waals surface area contributed by atoms with Crippen molar-refractivity contribution in [3.05, 3.63) is 0 Å². The normalized spacial score (nSPS) is 26.2. The van der Waals surface area contributed by atoms with E-state index in [1.165, 1.54) is 0 Å². The van der Waals surface area contributed by atoms with Crippen LogP contribution in [0.15, 0.2) is 0 Å². The van der Waals surface area contributed by atoms with Gasteiger partial charge in [0.05, 0.1) is 12.5 Å². The molecule has 5 nitrogen and oxygen atoms in total. The van der Waals surface area contributed by atoms with Crippen molar-refractivity contribution >= 4 is 23.6 Å². The third-order valence-electron chi connectivity index (χ3n) is 2.95. The van der Waals surface area contributed by atoms with E-state index in [-0.39, 0.29) is 24.3 Å². The van der Waals surface area contributed by atoms with E-state index in [1.807, 2.05) is 0 Å². The van der Waals surface area contributed by atoms with Crippen LogP contribution in [-0.4, -0.2) is 59.1 Å². The number of nitrogens with zero attached hydrogens (tertiary/aromatic N) is 1. The van der Waals surface area contributed by atoms with Gasteiger partial charge in [-0.05, 0) is 0 Å². The van der Waals surface area contributed by atoms with E-state index in [1.54, 1.807) is 16.7 Å². The predicted molar refractivity (Wildman–Crippen MR) is 61.4 cm³/mol. The maximum Gasteiger partial charge on any atom is 0.303 e. The zero-order valence-corrected chi connectivity index (χ0v) is 9.83. The number of carbonyl (C=O) groups excluding carboxylic acids is 1. The molecule has 0 radical (unpaired) electrons. The van der Waals surface area contributed by atoms with Crippen molar-refractivity contribution in [2.75, 3.05) is 31.1 Å². The third kappa shape index (κ3) is 2.68. The second kappa shape index (κ2) is 5.05. The number of carbonyl (C=O) groups is 2. The van der Waals surface area contributed by atoms with Crippen LogP contribution < -0.4 is 5.32 Å². The Labute approximate surface area is 98.6 Å². The molecule has 0 aromatic heterocycles. The number of carboxylic acids is 1. The lowest BCUT2D eigenvalue weighted by Crippen LogP contribution is -2.58. The van der Waals surface area contributed by atoms with Crippen LogP contribution in [0, 0.1) is 5.92 Å². The van der Waals surface area contributed by atoms with Crippen molar-refractivity contribution in [3.8, 4) is 0 Å². The van der Waals surface area contributed by atoms with Gasteiger partial charge in [0.15, 0.2) is 0 Å². The highest BCUT2D eigenvalue weighted by molar-refractivity contribution is 7.99. The van der Waals surface area contributed by atoms with Crippen LogP contribution >= 0.6 is 11.8 Å². The maximum absolute atomic E-state index is 11.9. The zero-order valence-electron chi connectivity index (χ0n) is 9.02. The van der Waals surface area contributed by atoms with E-state index in [2.05, 4.69) is 5.32 Å². The highest BCUT2D eigenvalue weighted by Gasteiger charge is 2.35. The highest BCUT2D eigenvalue weighted by atomic mass is 32.2. The number of carboxylic acid groups (broad SMARTS) is 1. The third-order valence-corrected chi connectivity index (χ3v) is 4.01. The van der Waals surface area contributed by atoms with Crippen molar-refractivity contribution in [1.82, 2.24) is 10.2 Å². The van der Waals surface area contributed by atoms with E-state index in [4.69, 9.17) is 5.11 Å². The molecular formula is C10H16N2O3S. The lowest BCUT2D eigenvalue weighted by Gasteiger charge is -2.41. The molecule has 0 aliphatic carbocycles. The largest absolute Gasteiger partial charge is 0.481 e. The van der Waals surface area contributed by atoms with E-state index < -0.39 is 5.97 Å². The topological polar surface area (TPSA) is 69.6 Å². The van der Waals surface area contributed by atoms with Crippen LogP contribution in [0.2, 0.25) is 0 Å². The number of rotatable bonds is 3. The average molecular weight is 244 g/mol. The summed E-state index contributed by atoms with van der Waals surface area (Å²) in [4.78, 5) is 24.1. The highest BCUT2D eigenvalue weighted by Crippen LogP contribution is 2.21. The summed E-state index contributed by atoms with van der Waals surface area (Å²) < 4.78 is 0. The molecule has 2 aliphatic rings. The number of aliphatic carboxylic acids is 1. The zero-order chi connectivity index (χ0) is 11.5. The quantitative estimate of drug-likeness (QED) is 0.708. The summed E-state index contributed by atoms with van der Waals surface area (Å²) in [5.41, 5.74) is 0. The molecule has 2 saturated heterocycles. The Hall–Kier alpha value is -0.750. The summed E-state index contributed by atoms with van der Waals surface area (Å²) in [5.74, 6) is 1.40. The van der Waals surface area contributed by atoms with Gasteiger partial charge in [0.25, 0.3) is 0 Å². The van der Waals surface area contributed by atoms with Crippen molar-refractivity contribution in [3.63, 3.8) is 0 Å².